The predicted molar refractivity (Wildman–Crippen MR) is 109 cm³/mol. The van der Waals surface area contributed by atoms with Crippen LogP contribution in [0.5, 0.6) is 0 Å². The van der Waals surface area contributed by atoms with Crippen LogP contribution in [0, 0.1) is 46.3 Å². The lowest BCUT2D eigenvalue weighted by molar-refractivity contribution is -0.175. The smallest absolute Gasteiger partial charge is 0.303 e. The molecule has 160 valence electrons. The van der Waals surface area contributed by atoms with E-state index in [0.29, 0.717) is 35.5 Å². The molecule has 0 amide bonds. The molecule has 0 spiro atoms. The van der Waals surface area contributed by atoms with Gasteiger partial charge in [-0.1, -0.05) is 20.8 Å². The average molecular weight is 393 g/mol. The van der Waals surface area contributed by atoms with Crippen LogP contribution in [-0.4, -0.2) is 33.5 Å². The van der Waals surface area contributed by atoms with Gasteiger partial charge in [-0.2, -0.15) is 0 Å². The first kappa shape index (κ1) is 20.7. The molecule has 0 aliphatic heterocycles. The maximum atomic E-state index is 11.5. The van der Waals surface area contributed by atoms with Gasteiger partial charge >= 0.3 is 5.97 Å². The maximum absolute atomic E-state index is 11.5. The van der Waals surface area contributed by atoms with E-state index in [1.807, 2.05) is 0 Å². The quantitative estimate of drug-likeness (QED) is 0.659. The van der Waals surface area contributed by atoms with Crippen molar-refractivity contribution in [2.45, 2.75) is 97.2 Å². The van der Waals surface area contributed by atoms with E-state index >= 15 is 0 Å². The van der Waals surface area contributed by atoms with Crippen LogP contribution >= 0.6 is 0 Å². The van der Waals surface area contributed by atoms with E-state index in [1.54, 1.807) is 0 Å². The highest BCUT2D eigenvalue weighted by atomic mass is 16.4. The molecule has 4 nitrogen and oxygen atoms in total. The average Bonchev–Trinajstić information content (AvgIpc) is 3.00. The summed E-state index contributed by atoms with van der Waals surface area (Å²) in [6, 6.07) is 0. The number of hydrogen-bond donors (Lipinski definition) is 3. The molecule has 7 unspecified atom stereocenters. The third-order valence-electron chi connectivity index (χ3n) is 10.3. The molecule has 0 radical (unpaired) electrons. The van der Waals surface area contributed by atoms with Gasteiger partial charge in [0, 0.05) is 6.42 Å². The van der Waals surface area contributed by atoms with Crippen molar-refractivity contribution in [2.24, 2.45) is 46.3 Å². The van der Waals surface area contributed by atoms with Crippen LogP contribution in [0.4, 0.5) is 0 Å². The zero-order valence-electron chi connectivity index (χ0n) is 17.9. The van der Waals surface area contributed by atoms with Gasteiger partial charge in [0.2, 0.25) is 0 Å². The van der Waals surface area contributed by atoms with E-state index < -0.39 is 5.97 Å². The lowest BCUT2D eigenvalue weighted by Gasteiger charge is -2.62. The van der Waals surface area contributed by atoms with Gasteiger partial charge in [-0.15, -0.1) is 0 Å². The molecule has 0 heterocycles. The third-order valence-corrected chi connectivity index (χ3v) is 10.3. The molecule has 4 aliphatic carbocycles. The zero-order valence-corrected chi connectivity index (χ0v) is 17.9. The second-order valence-corrected chi connectivity index (χ2v) is 11.3. The number of aliphatic hydroxyl groups excluding tert-OH is 2. The monoisotopic (exact) mass is 392 g/mol. The Labute approximate surface area is 170 Å². The molecule has 3 N–H and O–H groups in total. The summed E-state index contributed by atoms with van der Waals surface area (Å²) in [6.07, 6.45) is 9.26. The lowest BCUT2D eigenvalue weighted by atomic mass is 9.43. The van der Waals surface area contributed by atoms with Gasteiger partial charge in [0.25, 0.3) is 0 Å². The summed E-state index contributed by atoms with van der Waals surface area (Å²) in [7, 11) is 0. The first-order chi connectivity index (χ1) is 13.2. The lowest BCUT2D eigenvalue weighted by Crippen LogP contribution is -2.58. The second-order valence-electron chi connectivity index (χ2n) is 11.3. The van der Waals surface area contributed by atoms with Crippen LogP contribution in [0.1, 0.15) is 85.0 Å². The van der Waals surface area contributed by atoms with Gasteiger partial charge in [0.05, 0.1) is 12.2 Å². The summed E-state index contributed by atoms with van der Waals surface area (Å²) in [4.78, 5) is 11.1. The minimum atomic E-state index is -0.707. The summed E-state index contributed by atoms with van der Waals surface area (Å²) in [5.41, 5.74) is 0.216. The van der Waals surface area contributed by atoms with Crippen molar-refractivity contribution in [3.63, 3.8) is 0 Å². The molecule has 0 saturated heterocycles. The van der Waals surface area contributed by atoms with Crippen molar-refractivity contribution < 1.29 is 20.1 Å². The molecule has 0 aromatic heterocycles. The van der Waals surface area contributed by atoms with Gasteiger partial charge in [-0.25, -0.2) is 0 Å². The first-order valence-corrected chi connectivity index (χ1v) is 11.8. The predicted octanol–water partition coefficient (Wildman–Crippen LogP) is 4.48. The molecule has 28 heavy (non-hydrogen) atoms. The van der Waals surface area contributed by atoms with Crippen molar-refractivity contribution in [3.05, 3.63) is 0 Å². The zero-order chi connectivity index (χ0) is 20.3. The van der Waals surface area contributed by atoms with E-state index in [0.717, 1.165) is 38.5 Å². The number of aliphatic hydroxyl groups is 2. The Balaban J connectivity index is 1.56. The minimum absolute atomic E-state index is 0.0591. The number of fused-ring (bicyclic) bond motifs is 5. The van der Waals surface area contributed by atoms with Crippen LogP contribution in [0.2, 0.25) is 0 Å². The normalized spacial score (nSPS) is 51.7. The van der Waals surface area contributed by atoms with Gasteiger partial charge in [0.1, 0.15) is 0 Å². The van der Waals surface area contributed by atoms with Crippen molar-refractivity contribution in [2.75, 3.05) is 0 Å². The fraction of sp³-hybridized carbons (Fsp3) is 0.958. The number of carboxylic acid groups (broad SMARTS) is 1. The van der Waals surface area contributed by atoms with Gasteiger partial charge in [-0.3, -0.25) is 4.79 Å². The molecule has 4 aliphatic rings. The Kier molecular flexibility index (Phi) is 5.36. The molecule has 10 atom stereocenters. The van der Waals surface area contributed by atoms with Crippen LogP contribution < -0.4 is 0 Å². The van der Waals surface area contributed by atoms with E-state index in [-0.39, 0.29) is 29.5 Å². The Hall–Kier alpha value is -0.610. The highest BCUT2D eigenvalue weighted by Gasteiger charge is 2.63. The maximum Gasteiger partial charge on any atom is 0.303 e. The number of carbonyl (C=O) groups is 1. The topological polar surface area (TPSA) is 77.8 Å². The van der Waals surface area contributed by atoms with Gasteiger partial charge in [-0.05, 0) is 104 Å². The first-order valence-electron chi connectivity index (χ1n) is 11.8. The molecule has 4 fully saturated rings. The summed E-state index contributed by atoms with van der Waals surface area (Å²) in [5, 5.41) is 30.8. The summed E-state index contributed by atoms with van der Waals surface area (Å²) < 4.78 is 0. The Bertz CT molecular complexity index is 605. The van der Waals surface area contributed by atoms with Crippen LogP contribution in [0.25, 0.3) is 0 Å². The van der Waals surface area contributed by atoms with Crippen LogP contribution in [0.3, 0.4) is 0 Å². The third kappa shape index (κ3) is 3.05. The van der Waals surface area contributed by atoms with Crippen molar-refractivity contribution in [1.29, 1.82) is 0 Å². The molecular weight excluding hydrogens is 352 g/mol. The van der Waals surface area contributed by atoms with E-state index in [2.05, 4.69) is 20.8 Å². The second kappa shape index (κ2) is 7.27. The molecule has 4 rings (SSSR count). The highest BCUT2D eigenvalue weighted by molar-refractivity contribution is 5.66. The largest absolute Gasteiger partial charge is 0.481 e. The fourth-order valence-electron chi connectivity index (χ4n) is 8.71. The molecule has 0 aromatic rings. The Morgan fingerprint density at radius 2 is 1.79 bits per heavy atom. The van der Waals surface area contributed by atoms with Crippen molar-refractivity contribution in [3.8, 4) is 0 Å². The van der Waals surface area contributed by atoms with E-state index in [9.17, 15) is 15.0 Å². The molecule has 4 heteroatoms. The van der Waals surface area contributed by atoms with Crippen molar-refractivity contribution in [1.82, 2.24) is 0 Å². The van der Waals surface area contributed by atoms with Crippen LogP contribution in [0.15, 0.2) is 0 Å². The van der Waals surface area contributed by atoms with Gasteiger partial charge in [0.15, 0.2) is 0 Å². The van der Waals surface area contributed by atoms with E-state index in [4.69, 9.17) is 5.11 Å². The Morgan fingerprint density at radius 1 is 1.04 bits per heavy atom. The highest BCUT2D eigenvalue weighted by Crippen LogP contribution is 2.68. The number of aliphatic carboxylic acids is 1. The molecule has 4 saturated carbocycles. The standard InChI is InChI=1S/C24H40O4/c1-14(4-9-22(27)28)18-7-8-19-17-6-5-15-12-16(25)10-11-23(15,2)20(17)13-21(26)24(18,19)3/h14-21,25-26H,4-13H2,1-3H3,(H,27,28)/t14?,15?,16-,17?,18?,19?,20?,21?,23+,24-/m1/s1. The SMILES string of the molecule is CC(CCC(=O)O)C1CCC2C3CCC4C[C@H](O)CC[C@]4(C)C3CC(O)[C@]12C. The molecular formula is C24H40O4. The Morgan fingerprint density at radius 3 is 2.50 bits per heavy atom. The summed E-state index contributed by atoms with van der Waals surface area (Å²) in [5.74, 6) is 2.55. The number of hydrogen-bond acceptors (Lipinski definition) is 3. The summed E-state index contributed by atoms with van der Waals surface area (Å²) >= 11 is 0. The van der Waals surface area contributed by atoms with Crippen molar-refractivity contribution >= 4 is 5.97 Å². The van der Waals surface area contributed by atoms with Gasteiger partial charge < -0.3 is 15.3 Å². The summed E-state index contributed by atoms with van der Waals surface area (Å²) in [6.45, 7) is 6.99. The van der Waals surface area contributed by atoms with Crippen LogP contribution in [-0.2, 0) is 4.79 Å². The number of carboxylic acids is 1. The molecule has 0 bridgehead atoms. The molecule has 0 aromatic carbocycles. The fourth-order valence-corrected chi connectivity index (χ4v) is 8.71. The minimum Gasteiger partial charge on any atom is -0.481 e. The number of rotatable bonds is 4. The van der Waals surface area contributed by atoms with E-state index in [1.165, 1.54) is 19.3 Å².